The van der Waals surface area contributed by atoms with Gasteiger partial charge < -0.3 is 10.0 Å². The van der Waals surface area contributed by atoms with E-state index in [4.69, 9.17) is 0 Å². The lowest BCUT2D eigenvalue weighted by Crippen LogP contribution is -2.35. The Balaban J connectivity index is 1.85. The summed E-state index contributed by atoms with van der Waals surface area (Å²) in [6.07, 6.45) is 1.63. The number of rotatable bonds is 3. The van der Waals surface area contributed by atoms with Gasteiger partial charge in [-0.25, -0.2) is 8.42 Å². The average molecular weight is 380 g/mol. The third-order valence-corrected chi connectivity index (χ3v) is 7.36. The molecule has 1 aromatic rings. The molecule has 2 aliphatic rings. The van der Waals surface area contributed by atoms with Gasteiger partial charge in [0, 0.05) is 33.1 Å². The molecule has 1 amide bonds. The van der Waals surface area contributed by atoms with Crippen molar-refractivity contribution in [2.24, 2.45) is 5.41 Å². The lowest BCUT2D eigenvalue weighted by molar-refractivity contribution is -0.146. The first-order chi connectivity index (χ1) is 12.1. The highest BCUT2D eigenvalue weighted by Gasteiger charge is 2.45. The minimum atomic E-state index is -3.73. The molecule has 0 aromatic heterocycles. The number of nitrogens with zero attached hydrogens (tertiary/aromatic N) is 2. The summed E-state index contributed by atoms with van der Waals surface area (Å²) in [5.74, 6) is -0.947. The monoisotopic (exact) mass is 380 g/mol. The number of sulfonamides is 1. The molecule has 0 saturated carbocycles. The SMILES string of the molecule is CC(=O)N1CCc2ccc(S(=O)(=O)N3CCC(C)(C(=O)O)C3)cc2CC1. The Morgan fingerprint density at radius 1 is 1.12 bits per heavy atom. The van der Waals surface area contributed by atoms with Crippen LogP contribution in [0.4, 0.5) is 0 Å². The van der Waals surface area contributed by atoms with Gasteiger partial charge in [0.05, 0.1) is 10.3 Å². The minimum Gasteiger partial charge on any atom is -0.481 e. The molecule has 142 valence electrons. The number of benzene rings is 1. The number of carbonyl (C=O) groups is 2. The molecule has 0 aliphatic carbocycles. The second-order valence-corrected chi connectivity index (χ2v) is 9.33. The Morgan fingerprint density at radius 3 is 2.35 bits per heavy atom. The quantitative estimate of drug-likeness (QED) is 0.848. The molecule has 1 aromatic carbocycles. The van der Waals surface area contributed by atoms with Crippen molar-refractivity contribution in [3.8, 4) is 0 Å². The van der Waals surface area contributed by atoms with E-state index >= 15 is 0 Å². The van der Waals surface area contributed by atoms with E-state index in [1.54, 1.807) is 30.9 Å². The number of carbonyl (C=O) groups excluding carboxylic acids is 1. The summed E-state index contributed by atoms with van der Waals surface area (Å²) in [6.45, 7) is 4.53. The molecule has 1 saturated heterocycles. The first kappa shape index (κ1) is 18.8. The minimum absolute atomic E-state index is 0.0140. The van der Waals surface area contributed by atoms with Crippen LogP contribution in [0.15, 0.2) is 23.1 Å². The second kappa shape index (κ2) is 6.66. The summed E-state index contributed by atoms with van der Waals surface area (Å²) < 4.78 is 27.2. The Hall–Kier alpha value is -1.93. The number of carboxylic acid groups (broad SMARTS) is 1. The molecule has 0 bridgehead atoms. The topological polar surface area (TPSA) is 95.0 Å². The first-order valence-corrected chi connectivity index (χ1v) is 10.2. The number of carboxylic acids is 1. The standard InChI is InChI=1S/C18H24N2O5S/c1-13(21)19-8-5-14-3-4-16(11-15(14)6-9-19)26(24,25)20-10-7-18(2,12-20)17(22)23/h3-4,11H,5-10,12H2,1-2H3,(H,22,23). The zero-order chi connectivity index (χ0) is 19.1. The highest BCUT2D eigenvalue weighted by Crippen LogP contribution is 2.34. The lowest BCUT2D eigenvalue weighted by Gasteiger charge is -2.20. The summed E-state index contributed by atoms with van der Waals surface area (Å²) in [6, 6.07) is 5.09. The van der Waals surface area contributed by atoms with E-state index in [9.17, 15) is 23.1 Å². The summed E-state index contributed by atoms with van der Waals surface area (Å²) in [7, 11) is -3.73. The van der Waals surface area contributed by atoms with Crippen LogP contribution in [0.1, 0.15) is 31.4 Å². The molecule has 2 aliphatic heterocycles. The Morgan fingerprint density at radius 2 is 1.77 bits per heavy atom. The van der Waals surface area contributed by atoms with Gasteiger partial charge in [0.25, 0.3) is 0 Å². The molecule has 2 heterocycles. The van der Waals surface area contributed by atoms with Crippen molar-refractivity contribution < 1.29 is 23.1 Å². The number of fused-ring (bicyclic) bond motifs is 1. The van der Waals surface area contributed by atoms with E-state index in [0.29, 0.717) is 32.4 Å². The van der Waals surface area contributed by atoms with Gasteiger partial charge in [0.1, 0.15) is 0 Å². The fourth-order valence-electron chi connectivity index (χ4n) is 3.62. The maximum Gasteiger partial charge on any atom is 0.310 e. The van der Waals surface area contributed by atoms with Crippen molar-refractivity contribution >= 4 is 21.9 Å². The molecule has 0 spiro atoms. The largest absolute Gasteiger partial charge is 0.481 e. The second-order valence-electron chi connectivity index (χ2n) is 7.39. The van der Waals surface area contributed by atoms with Crippen LogP contribution in [0.2, 0.25) is 0 Å². The maximum atomic E-state index is 13.0. The molecule has 1 fully saturated rings. The van der Waals surface area contributed by atoms with E-state index in [0.717, 1.165) is 11.1 Å². The Bertz CT molecular complexity index is 851. The van der Waals surface area contributed by atoms with Gasteiger partial charge in [-0.15, -0.1) is 0 Å². The van der Waals surface area contributed by atoms with Crippen LogP contribution in [0.5, 0.6) is 0 Å². The molecule has 1 atom stereocenters. The fraction of sp³-hybridized carbons (Fsp3) is 0.556. The van der Waals surface area contributed by atoms with Gasteiger partial charge in [0.2, 0.25) is 15.9 Å². The van der Waals surface area contributed by atoms with Crippen molar-refractivity contribution in [3.05, 3.63) is 29.3 Å². The number of hydrogen-bond acceptors (Lipinski definition) is 4. The van der Waals surface area contributed by atoms with Gasteiger partial charge >= 0.3 is 5.97 Å². The third kappa shape index (κ3) is 3.35. The van der Waals surface area contributed by atoms with Crippen molar-refractivity contribution in [2.45, 2.75) is 38.0 Å². The van der Waals surface area contributed by atoms with Crippen molar-refractivity contribution in [1.82, 2.24) is 9.21 Å². The lowest BCUT2D eigenvalue weighted by atomic mass is 9.90. The molecular weight excluding hydrogens is 356 g/mol. The van der Waals surface area contributed by atoms with E-state index in [1.807, 2.05) is 6.07 Å². The zero-order valence-corrected chi connectivity index (χ0v) is 15.9. The molecule has 8 heteroatoms. The fourth-order valence-corrected chi connectivity index (χ4v) is 5.24. The van der Waals surface area contributed by atoms with E-state index in [-0.39, 0.29) is 23.9 Å². The number of hydrogen-bond donors (Lipinski definition) is 1. The number of aliphatic carboxylic acids is 1. The maximum absolute atomic E-state index is 13.0. The van der Waals surface area contributed by atoms with Crippen LogP contribution in [0.25, 0.3) is 0 Å². The highest BCUT2D eigenvalue weighted by atomic mass is 32.2. The summed E-state index contributed by atoms with van der Waals surface area (Å²) in [5.41, 5.74) is 0.959. The predicted octanol–water partition coefficient (Wildman–Crippen LogP) is 1.12. The van der Waals surface area contributed by atoms with E-state index in [2.05, 4.69) is 0 Å². The van der Waals surface area contributed by atoms with Crippen LogP contribution in [0, 0.1) is 5.41 Å². The van der Waals surface area contributed by atoms with E-state index in [1.165, 1.54) is 4.31 Å². The predicted molar refractivity (Wildman–Crippen MR) is 95.2 cm³/mol. The van der Waals surface area contributed by atoms with Crippen molar-refractivity contribution in [2.75, 3.05) is 26.2 Å². The Kier molecular flexibility index (Phi) is 4.83. The van der Waals surface area contributed by atoms with Crippen LogP contribution >= 0.6 is 0 Å². The van der Waals surface area contributed by atoms with Gasteiger partial charge in [-0.05, 0) is 49.4 Å². The van der Waals surface area contributed by atoms with Crippen molar-refractivity contribution in [3.63, 3.8) is 0 Å². The van der Waals surface area contributed by atoms with Gasteiger partial charge in [0.15, 0.2) is 0 Å². The molecule has 7 nitrogen and oxygen atoms in total. The Labute approximate surface area is 153 Å². The third-order valence-electron chi connectivity index (χ3n) is 5.52. The van der Waals surface area contributed by atoms with Gasteiger partial charge in [-0.3, -0.25) is 9.59 Å². The average Bonchev–Trinajstić information content (AvgIpc) is 2.87. The number of amides is 1. The molecule has 1 N–H and O–H groups in total. The zero-order valence-electron chi connectivity index (χ0n) is 15.1. The molecular formula is C18H24N2O5S. The van der Waals surface area contributed by atoms with Gasteiger partial charge in [-0.2, -0.15) is 4.31 Å². The molecule has 1 unspecified atom stereocenters. The van der Waals surface area contributed by atoms with Crippen LogP contribution in [0.3, 0.4) is 0 Å². The van der Waals surface area contributed by atoms with E-state index < -0.39 is 21.4 Å². The smallest absolute Gasteiger partial charge is 0.310 e. The summed E-state index contributed by atoms with van der Waals surface area (Å²) in [4.78, 5) is 25.0. The summed E-state index contributed by atoms with van der Waals surface area (Å²) in [5, 5.41) is 9.33. The van der Waals surface area contributed by atoms with Crippen LogP contribution in [-0.2, 0) is 32.5 Å². The highest BCUT2D eigenvalue weighted by molar-refractivity contribution is 7.89. The first-order valence-electron chi connectivity index (χ1n) is 8.74. The molecule has 26 heavy (non-hydrogen) atoms. The normalized spacial score (nSPS) is 24.2. The van der Waals surface area contributed by atoms with Crippen LogP contribution < -0.4 is 0 Å². The molecule has 0 radical (unpaired) electrons. The summed E-state index contributed by atoms with van der Waals surface area (Å²) >= 11 is 0. The van der Waals surface area contributed by atoms with Crippen molar-refractivity contribution in [1.29, 1.82) is 0 Å². The molecule has 3 rings (SSSR count). The van der Waals surface area contributed by atoms with Crippen LogP contribution in [-0.4, -0.2) is 60.8 Å². The van der Waals surface area contributed by atoms with Gasteiger partial charge in [-0.1, -0.05) is 6.07 Å².